The molecule has 0 N–H and O–H groups in total. The van der Waals surface area contributed by atoms with Crippen molar-refractivity contribution in [2.24, 2.45) is 4.99 Å². The highest BCUT2D eigenvalue weighted by atomic mass is 16.3. The van der Waals surface area contributed by atoms with Crippen molar-refractivity contribution in [1.29, 1.82) is 0 Å². The quantitative estimate of drug-likeness (QED) is 0.178. The molecule has 0 aliphatic carbocycles. The lowest BCUT2D eigenvalue weighted by Gasteiger charge is -2.13. The van der Waals surface area contributed by atoms with Gasteiger partial charge in [0.05, 0.1) is 11.4 Å². The average Bonchev–Trinajstić information content (AvgIpc) is 3.82. The van der Waals surface area contributed by atoms with E-state index in [-0.39, 0.29) is 0 Å². The number of nitrogens with zero attached hydrogens (tertiary/aromatic N) is 1. The van der Waals surface area contributed by atoms with Crippen LogP contribution in [0.1, 0.15) is 16.7 Å². The van der Waals surface area contributed by atoms with E-state index in [9.17, 15) is 0 Å². The van der Waals surface area contributed by atoms with Gasteiger partial charge in [-0.05, 0) is 92.7 Å². The number of hydrogen-bond acceptors (Lipinski definition) is 3. The minimum atomic E-state index is 0.820. The first-order chi connectivity index (χ1) is 27.7. The molecule has 8 aromatic carbocycles. The van der Waals surface area contributed by atoms with Crippen LogP contribution in [0.4, 0.5) is 0 Å². The molecule has 0 saturated heterocycles. The minimum absolute atomic E-state index is 0.820. The molecule has 3 nitrogen and oxygen atoms in total. The SMILES string of the molecule is C1=C/C(c2ccc3ccccc3c2)=C\C(c2cccc3oc4cc(-c5cccc6oc7ccccc7c56)ccc4c23)=NC(c2ccc(-c3ccccc3)cc2)=C1. The van der Waals surface area contributed by atoms with E-state index in [1.165, 1.54) is 21.9 Å². The topological polar surface area (TPSA) is 38.6 Å². The summed E-state index contributed by atoms with van der Waals surface area (Å²) < 4.78 is 12.9. The molecule has 0 atom stereocenters. The largest absolute Gasteiger partial charge is 0.456 e. The van der Waals surface area contributed by atoms with Crippen molar-refractivity contribution >= 4 is 71.6 Å². The number of fused-ring (bicyclic) bond motifs is 7. The third-order valence-electron chi connectivity index (χ3n) is 10.9. The second kappa shape index (κ2) is 13.1. The number of furan rings is 2. The van der Waals surface area contributed by atoms with Gasteiger partial charge >= 0.3 is 0 Å². The zero-order valence-electron chi connectivity index (χ0n) is 30.3. The molecule has 0 unspecified atom stereocenters. The van der Waals surface area contributed by atoms with Gasteiger partial charge < -0.3 is 8.83 Å². The van der Waals surface area contributed by atoms with E-state index in [1.807, 2.05) is 24.3 Å². The maximum Gasteiger partial charge on any atom is 0.136 e. The number of aliphatic imine (C=N–C) groups is 1. The Morgan fingerprint density at radius 2 is 1.02 bits per heavy atom. The highest BCUT2D eigenvalue weighted by molar-refractivity contribution is 6.25. The summed E-state index contributed by atoms with van der Waals surface area (Å²) >= 11 is 0. The van der Waals surface area contributed by atoms with Crippen LogP contribution in [0.25, 0.3) is 88.2 Å². The molecule has 3 heteroatoms. The Labute approximate surface area is 323 Å². The van der Waals surface area contributed by atoms with Crippen molar-refractivity contribution in [2.75, 3.05) is 0 Å². The van der Waals surface area contributed by atoms with E-state index in [4.69, 9.17) is 13.8 Å². The zero-order chi connectivity index (χ0) is 37.0. The molecule has 0 spiro atoms. The molecule has 0 radical (unpaired) electrons. The van der Waals surface area contributed by atoms with Gasteiger partial charge in [-0.1, -0.05) is 152 Å². The van der Waals surface area contributed by atoms with Gasteiger partial charge in [0.2, 0.25) is 0 Å². The third-order valence-corrected chi connectivity index (χ3v) is 10.9. The Morgan fingerprint density at radius 1 is 0.393 bits per heavy atom. The van der Waals surface area contributed by atoms with E-state index in [1.54, 1.807) is 0 Å². The van der Waals surface area contributed by atoms with Crippen LogP contribution < -0.4 is 0 Å². The summed E-state index contributed by atoms with van der Waals surface area (Å²) in [6.45, 7) is 0. The summed E-state index contributed by atoms with van der Waals surface area (Å²) in [7, 11) is 0. The Hall–Kier alpha value is -7.49. The smallest absolute Gasteiger partial charge is 0.136 e. The molecule has 262 valence electrons. The van der Waals surface area contributed by atoms with Crippen molar-refractivity contribution in [3.8, 4) is 22.3 Å². The molecule has 0 fully saturated rings. The van der Waals surface area contributed by atoms with E-state index in [2.05, 4.69) is 176 Å². The highest BCUT2D eigenvalue weighted by Gasteiger charge is 2.19. The lowest BCUT2D eigenvalue weighted by Crippen LogP contribution is -2.02. The van der Waals surface area contributed by atoms with Gasteiger partial charge in [0.15, 0.2) is 0 Å². The second-order valence-electron chi connectivity index (χ2n) is 14.3. The molecule has 11 rings (SSSR count). The van der Waals surface area contributed by atoms with Crippen LogP contribution in [0.15, 0.2) is 214 Å². The number of benzene rings is 8. The molecular weight excluding hydrogens is 683 g/mol. The molecule has 0 bridgehead atoms. The Kier molecular flexibility index (Phi) is 7.49. The van der Waals surface area contributed by atoms with Crippen LogP contribution in [0.3, 0.4) is 0 Å². The van der Waals surface area contributed by atoms with Crippen molar-refractivity contribution in [1.82, 2.24) is 0 Å². The number of allylic oxidation sites excluding steroid dienone is 5. The molecule has 2 aromatic heterocycles. The molecule has 3 heterocycles. The molecule has 1 aliphatic rings. The lowest BCUT2D eigenvalue weighted by molar-refractivity contribution is 0.668. The summed E-state index contributed by atoms with van der Waals surface area (Å²) in [6, 6.07) is 61.6. The standard InChI is InChI=1S/C53H33NO2/c1-2-11-34(12-3-1)36-23-26-37(27-24-36)46-19-8-15-39(40-28-25-35-13-4-5-14-38(35)31-40)32-47(54-46)43-18-10-22-50-53(43)45-30-29-41(33-51(45)56-50)42-17-9-21-49-52(42)44-16-6-7-20-48(44)55-49/h1-33H/b15-8?,19-8?,39-15?,39-32+,46-19?,47-32?,54-46?,54-47?. The van der Waals surface area contributed by atoms with E-state index < -0.39 is 0 Å². The first-order valence-corrected chi connectivity index (χ1v) is 18.9. The van der Waals surface area contributed by atoms with Gasteiger partial charge in [0.1, 0.15) is 22.3 Å². The van der Waals surface area contributed by atoms with Crippen molar-refractivity contribution in [3.63, 3.8) is 0 Å². The van der Waals surface area contributed by atoms with Crippen LogP contribution in [0.5, 0.6) is 0 Å². The van der Waals surface area contributed by atoms with Gasteiger partial charge in [-0.25, -0.2) is 4.99 Å². The molecular formula is C53H33NO2. The van der Waals surface area contributed by atoms with E-state index >= 15 is 0 Å². The average molecular weight is 716 g/mol. The maximum atomic E-state index is 6.68. The Balaban J connectivity index is 1.07. The van der Waals surface area contributed by atoms with Gasteiger partial charge in [0, 0.05) is 32.7 Å². The fourth-order valence-electron chi connectivity index (χ4n) is 8.17. The van der Waals surface area contributed by atoms with Gasteiger partial charge in [-0.15, -0.1) is 0 Å². The Bertz CT molecular complexity index is 3280. The van der Waals surface area contributed by atoms with Crippen LogP contribution in [-0.4, -0.2) is 5.71 Å². The number of rotatable bonds is 5. The first kappa shape index (κ1) is 32.0. The summed E-state index contributed by atoms with van der Waals surface area (Å²) in [5.41, 5.74) is 14.0. The predicted octanol–water partition coefficient (Wildman–Crippen LogP) is 14.5. The monoisotopic (exact) mass is 715 g/mol. The molecule has 56 heavy (non-hydrogen) atoms. The zero-order valence-corrected chi connectivity index (χ0v) is 30.3. The van der Waals surface area contributed by atoms with Crippen molar-refractivity contribution in [2.45, 2.75) is 0 Å². The van der Waals surface area contributed by atoms with Crippen LogP contribution in [-0.2, 0) is 0 Å². The summed E-state index contributed by atoms with van der Waals surface area (Å²) in [4.78, 5) is 5.47. The minimum Gasteiger partial charge on any atom is -0.456 e. The highest BCUT2D eigenvalue weighted by Crippen LogP contribution is 2.40. The second-order valence-corrected chi connectivity index (χ2v) is 14.3. The van der Waals surface area contributed by atoms with Crippen molar-refractivity contribution in [3.05, 3.63) is 217 Å². The molecule has 0 amide bonds. The van der Waals surface area contributed by atoms with Crippen LogP contribution in [0, 0.1) is 0 Å². The predicted molar refractivity (Wildman–Crippen MR) is 234 cm³/mol. The van der Waals surface area contributed by atoms with Gasteiger partial charge in [-0.2, -0.15) is 0 Å². The molecule has 1 aliphatic heterocycles. The number of hydrogen-bond donors (Lipinski definition) is 0. The van der Waals surface area contributed by atoms with Crippen molar-refractivity contribution < 1.29 is 8.83 Å². The summed E-state index contributed by atoms with van der Waals surface area (Å²) in [5.74, 6) is 0. The summed E-state index contributed by atoms with van der Waals surface area (Å²) in [6.07, 6.45) is 8.64. The lowest BCUT2D eigenvalue weighted by atomic mass is 9.94. The van der Waals surface area contributed by atoms with Crippen LogP contribution in [0.2, 0.25) is 0 Å². The van der Waals surface area contributed by atoms with Crippen LogP contribution >= 0.6 is 0 Å². The first-order valence-electron chi connectivity index (χ1n) is 18.9. The normalized spacial score (nSPS) is 14.2. The fourth-order valence-corrected chi connectivity index (χ4v) is 8.17. The molecule has 10 aromatic rings. The number of para-hydroxylation sites is 1. The third kappa shape index (κ3) is 5.49. The van der Waals surface area contributed by atoms with E-state index in [0.717, 1.165) is 88.7 Å². The maximum absolute atomic E-state index is 6.68. The summed E-state index contributed by atoms with van der Waals surface area (Å²) in [5, 5.41) is 6.72. The Morgan fingerprint density at radius 3 is 1.88 bits per heavy atom. The molecule has 0 saturated carbocycles. The fraction of sp³-hybridized carbons (Fsp3) is 0. The van der Waals surface area contributed by atoms with E-state index in [0.29, 0.717) is 0 Å². The van der Waals surface area contributed by atoms with Gasteiger partial charge in [0.25, 0.3) is 0 Å². The van der Waals surface area contributed by atoms with Gasteiger partial charge in [-0.3, -0.25) is 0 Å².